The second-order valence-corrected chi connectivity index (χ2v) is 5.32. The van der Waals surface area contributed by atoms with Crippen LogP contribution in [0.1, 0.15) is 28.6 Å². The van der Waals surface area contributed by atoms with Crippen LogP contribution in [0.15, 0.2) is 47.8 Å². The van der Waals surface area contributed by atoms with Crippen molar-refractivity contribution >= 4 is 11.9 Å². The molecule has 1 aromatic heterocycles. The van der Waals surface area contributed by atoms with Crippen molar-refractivity contribution in [1.82, 2.24) is 4.98 Å². The van der Waals surface area contributed by atoms with Crippen molar-refractivity contribution < 1.29 is 23.8 Å². The van der Waals surface area contributed by atoms with Crippen molar-refractivity contribution in [2.45, 2.75) is 12.5 Å². The maximum atomic E-state index is 11.4. The number of benzene rings is 1. The van der Waals surface area contributed by atoms with Crippen LogP contribution in [0.2, 0.25) is 0 Å². The maximum Gasteiger partial charge on any atom is 0.356 e. The Morgan fingerprint density at radius 1 is 1.27 bits per heavy atom. The molecule has 1 aliphatic heterocycles. The molecule has 0 fully saturated rings. The molecule has 7 heteroatoms. The van der Waals surface area contributed by atoms with Gasteiger partial charge < -0.3 is 19.0 Å². The highest BCUT2D eigenvalue weighted by molar-refractivity contribution is 5.87. The summed E-state index contributed by atoms with van der Waals surface area (Å²) < 4.78 is 15.6. The third-order valence-corrected chi connectivity index (χ3v) is 3.58. The van der Waals surface area contributed by atoms with Crippen LogP contribution in [-0.2, 0) is 9.57 Å². The van der Waals surface area contributed by atoms with E-state index in [0.29, 0.717) is 23.8 Å². The lowest BCUT2D eigenvalue weighted by Gasteiger charge is -2.09. The van der Waals surface area contributed by atoms with Crippen molar-refractivity contribution in [2.75, 3.05) is 13.7 Å². The van der Waals surface area contributed by atoms with Gasteiger partial charge in [0, 0.05) is 0 Å². The van der Waals surface area contributed by atoms with Gasteiger partial charge in [-0.25, -0.2) is 9.78 Å². The molecule has 0 bridgehead atoms. The van der Waals surface area contributed by atoms with Gasteiger partial charge in [0.05, 0.1) is 19.7 Å². The quantitative estimate of drug-likeness (QED) is 0.608. The predicted octanol–water partition coefficient (Wildman–Crippen LogP) is 2.73. The van der Waals surface area contributed by atoms with Crippen molar-refractivity contribution in [1.29, 1.82) is 0 Å². The minimum absolute atomic E-state index is 0.203. The van der Waals surface area contributed by atoms with E-state index >= 15 is 0 Å². The van der Waals surface area contributed by atoms with E-state index in [1.165, 1.54) is 19.4 Å². The first kappa shape index (κ1) is 17.3. The number of nitrogens with zero attached hydrogens (tertiary/aromatic N) is 2. The van der Waals surface area contributed by atoms with Gasteiger partial charge in [0.1, 0.15) is 23.8 Å². The average molecular weight is 352 g/mol. The molecule has 2 aromatic rings. The summed E-state index contributed by atoms with van der Waals surface area (Å²) in [4.78, 5) is 20.8. The molecular weight excluding hydrogens is 336 g/mol. The number of rotatable bonds is 5. The van der Waals surface area contributed by atoms with E-state index in [-0.39, 0.29) is 18.4 Å². The number of aromatic nitrogens is 1. The number of carbonyl (C=O) groups is 1. The van der Waals surface area contributed by atoms with Gasteiger partial charge >= 0.3 is 5.97 Å². The Kier molecular flexibility index (Phi) is 5.34. The Labute approximate surface area is 150 Å². The highest BCUT2D eigenvalue weighted by atomic mass is 16.7. The Bertz CT molecular complexity index is 838. The largest absolute Gasteiger partial charge is 0.481 e. The van der Waals surface area contributed by atoms with E-state index < -0.39 is 5.97 Å². The SMILES string of the molecule is C#CCOc1ccc([C@H]2CC(Oc3ccc(C(=O)OC)nc3)=NO2)cc1. The molecule has 0 aliphatic carbocycles. The van der Waals surface area contributed by atoms with Crippen LogP contribution in [0.25, 0.3) is 0 Å². The third-order valence-electron chi connectivity index (χ3n) is 3.58. The van der Waals surface area contributed by atoms with Crippen molar-refractivity contribution in [2.24, 2.45) is 5.16 Å². The van der Waals surface area contributed by atoms with E-state index in [2.05, 4.69) is 20.8 Å². The lowest BCUT2D eigenvalue weighted by molar-refractivity contribution is 0.0594. The number of methoxy groups -OCH3 is 1. The van der Waals surface area contributed by atoms with E-state index in [4.69, 9.17) is 20.7 Å². The zero-order valence-electron chi connectivity index (χ0n) is 14.0. The zero-order chi connectivity index (χ0) is 18.4. The lowest BCUT2D eigenvalue weighted by Crippen LogP contribution is -2.09. The fourth-order valence-electron chi connectivity index (χ4n) is 2.30. The normalized spacial score (nSPS) is 15.4. The molecule has 132 valence electrons. The van der Waals surface area contributed by atoms with Crippen molar-refractivity contribution in [3.8, 4) is 23.8 Å². The second kappa shape index (κ2) is 8.03. The molecule has 0 saturated carbocycles. The Hall–Kier alpha value is -3.53. The first-order chi connectivity index (χ1) is 12.7. The van der Waals surface area contributed by atoms with Crippen LogP contribution < -0.4 is 9.47 Å². The molecule has 3 rings (SSSR count). The number of hydrogen-bond acceptors (Lipinski definition) is 7. The summed E-state index contributed by atoms with van der Waals surface area (Å²) in [7, 11) is 1.30. The highest BCUT2D eigenvalue weighted by Crippen LogP contribution is 2.29. The van der Waals surface area contributed by atoms with E-state index in [0.717, 1.165) is 5.56 Å². The van der Waals surface area contributed by atoms with Gasteiger partial charge in [0.25, 0.3) is 0 Å². The lowest BCUT2D eigenvalue weighted by atomic mass is 10.1. The van der Waals surface area contributed by atoms with E-state index in [9.17, 15) is 4.79 Å². The summed E-state index contributed by atoms with van der Waals surface area (Å²) in [5.41, 5.74) is 1.15. The molecule has 7 nitrogen and oxygen atoms in total. The van der Waals surface area contributed by atoms with Gasteiger partial charge in [-0.3, -0.25) is 0 Å². The number of hydrogen-bond donors (Lipinski definition) is 0. The first-order valence-corrected chi connectivity index (χ1v) is 7.80. The minimum Gasteiger partial charge on any atom is -0.481 e. The molecule has 1 aliphatic rings. The van der Waals surface area contributed by atoms with Gasteiger partial charge in [0.2, 0.25) is 5.90 Å². The molecule has 0 saturated heterocycles. The summed E-state index contributed by atoms with van der Waals surface area (Å²) in [6.45, 7) is 0.225. The Morgan fingerprint density at radius 2 is 2.04 bits per heavy atom. The molecule has 0 N–H and O–H groups in total. The third kappa shape index (κ3) is 4.11. The minimum atomic E-state index is -0.507. The van der Waals surface area contributed by atoms with Crippen molar-refractivity contribution in [3.63, 3.8) is 0 Å². The fourth-order valence-corrected chi connectivity index (χ4v) is 2.30. The van der Waals surface area contributed by atoms with Crippen LogP contribution in [0.4, 0.5) is 0 Å². The second-order valence-electron chi connectivity index (χ2n) is 5.32. The smallest absolute Gasteiger partial charge is 0.356 e. The maximum absolute atomic E-state index is 11.4. The zero-order valence-corrected chi connectivity index (χ0v) is 14.0. The average Bonchev–Trinajstić information content (AvgIpc) is 3.15. The first-order valence-electron chi connectivity index (χ1n) is 7.80. The van der Waals surface area contributed by atoms with Crippen molar-refractivity contribution in [3.05, 3.63) is 53.9 Å². The Morgan fingerprint density at radius 3 is 2.69 bits per heavy atom. The fraction of sp³-hybridized carbons (Fsp3) is 0.211. The van der Waals surface area contributed by atoms with Crippen LogP contribution in [0.3, 0.4) is 0 Å². The van der Waals surface area contributed by atoms with E-state index in [1.807, 2.05) is 24.3 Å². The number of terminal acetylenes is 1. The molecule has 0 spiro atoms. The van der Waals surface area contributed by atoms with Gasteiger partial charge in [-0.1, -0.05) is 23.2 Å². The molecular formula is C19H16N2O5. The number of ether oxygens (including phenoxy) is 3. The number of oxime groups is 1. The molecule has 0 unspecified atom stereocenters. The number of esters is 1. The highest BCUT2D eigenvalue weighted by Gasteiger charge is 2.24. The number of carbonyl (C=O) groups excluding carboxylic acids is 1. The number of pyridine rings is 1. The van der Waals surface area contributed by atoms with Crippen LogP contribution in [0, 0.1) is 12.3 Å². The molecule has 1 aromatic carbocycles. The molecule has 0 amide bonds. The molecule has 26 heavy (non-hydrogen) atoms. The molecule has 1 atom stereocenters. The molecule has 2 heterocycles. The summed E-state index contributed by atoms with van der Waals surface area (Å²) in [5.74, 6) is 3.49. The summed E-state index contributed by atoms with van der Waals surface area (Å²) in [5, 5.41) is 3.95. The summed E-state index contributed by atoms with van der Waals surface area (Å²) in [6.07, 6.45) is 6.83. The van der Waals surface area contributed by atoms with Gasteiger partial charge in [-0.05, 0) is 29.8 Å². The topological polar surface area (TPSA) is 79.2 Å². The monoisotopic (exact) mass is 352 g/mol. The Balaban J connectivity index is 1.56. The van der Waals surface area contributed by atoms with Crippen LogP contribution >= 0.6 is 0 Å². The standard InChI is InChI=1S/C19H16N2O5/c1-3-10-24-14-6-4-13(5-7-14)17-11-18(21-26-17)25-15-8-9-16(20-12-15)19(22)23-2/h1,4-9,12,17H,10-11H2,2H3/t17-/m1/s1. The molecule has 0 radical (unpaired) electrons. The van der Waals surface area contributed by atoms with Gasteiger partial charge in [-0.15, -0.1) is 6.42 Å². The van der Waals surface area contributed by atoms with Crippen LogP contribution in [-0.4, -0.2) is 30.6 Å². The van der Waals surface area contributed by atoms with Gasteiger partial charge in [-0.2, -0.15) is 0 Å². The van der Waals surface area contributed by atoms with Gasteiger partial charge in [0.15, 0.2) is 6.10 Å². The predicted molar refractivity (Wildman–Crippen MR) is 92.9 cm³/mol. The summed E-state index contributed by atoms with van der Waals surface area (Å²) >= 11 is 0. The van der Waals surface area contributed by atoms with Crippen LogP contribution in [0.5, 0.6) is 11.5 Å². The summed E-state index contributed by atoms with van der Waals surface area (Å²) in [6, 6.07) is 10.6. The van der Waals surface area contributed by atoms with E-state index in [1.54, 1.807) is 6.07 Å².